The molecule has 0 aliphatic rings. The van der Waals surface area contributed by atoms with Gasteiger partial charge in [0.1, 0.15) is 6.10 Å². The Labute approximate surface area is 84.6 Å². The Kier molecular flexibility index (Phi) is 6.44. The van der Waals surface area contributed by atoms with E-state index in [4.69, 9.17) is 15.6 Å². The van der Waals surface area contributed by atoms with Gasteiger partial charge in [0.05, 0.1) is 0 Å². The van der Waals surface area contributed by atoms with Gasteiger partial charge in [-0.25, -0.2) is 0 Å². The molecule has 1 amide bonds. The third-order valence-electron chi connectivity index (χ3n) is 2.30. The maximum Gasteiger partial charge on any atom is 0.250 e. The quantitative estimate of drug-likeness (QED) is 0.523. The summed E-state index contributed by atoms with van der Waals surface area (Å²) in [6.07, 6.45) is -0.608. The van der Waals surface area contributed by atoms with E-state index in [1.165, 1.54) is 7.11 Å². The monoisotopic (exact) mass is 204 g/mol. The number of methoxy groups -OCH3 is 1. The van der Waals surface area contributed by atoms with Gasteiger partial charge in [-0.3, -0.25) is 4.79 Å². The number of carbonyl (C=O) groups excluding carboxylic acids is 1. The van der Waals surface area contributed by atoms with Gasteiger partial charge in [-0.1, -0.05) is 6.92 Å². The first-order valence-electron chi connectivity index (χ1n) is 4.70. The first kappa shape index (κ1) is 13.4. The molecule has 5 heteroatoms. The number of nitrogens with two attached hydrogens (primary N) is 1. The lowest BCUT2D eigenvalue weighted by atomic mass is 10.1. The summed E-state index contributed by atoms with van der Waals surface area (Å²) in [5, 5.41) is 11.6. The van der Waals surface area contributed by atoms with Crippen LogP contribution in [0, 0.1) is 5.92 Å². The zero-order valence-electron chi connectivity index (χ0n) is 8.99. The third kappa shape index (κ3) is 4.04. The second-order valence-electron chi connectivity index (χ2n) is 3.42. The number of ether oxygens (including phenoxy) is 1. The fourth-order valence-corrected chi connectivity index (χ4v) is 0.928. The van der Waals surface area contributed by atoms with Crippen molar-refractivity contribution in [3.05, 3.63) is 0 Å². The molecule has 0 aliphatic heterocycles. The number of aliphatic hydroxyl groups excluding tert-OH is 1. The van der Waals surface area contributed by atoms with E-state index in [9.17, 15) is 4.79 Å². The van der Waals surface area contributed by atoms with Crippen LogP contribution in [-0.2, 0) is 9.53 Å². The van der Waals surface area contributed by atoms with E-state index in [0.29, 0.717) is 0 Å². The van der Waals surface area contributed by atoms with E-state index in [1.54, 1.807) is 0 Å². The number of carbonyl (C=O) groups is 1. The van der Waals surface area contributed by atoms with Crippen LogP contribution in [0.1, 0.15) is 13.8 Å². The SMILES string of the molecule is COC(CN)C(=O)NC(C)C(C)CO. The Balaban J connectivity index is 4.03. The Morgan fingerprint density at radius 1 is 1.57 bits per heavy atom. The highest BCUT2D eigenvalue weighted by molar-refractivity contribution is 5.81. The van der Waals surface area contributed by atoms with Crippen LogP contribution in [0.5, 0.6) is 0 Å². The van der Waals surface area contributed by atoms with Crippen LogP contribution in [0.15, 0.2) is 0 Å². The minimum absolute atomic E-state index is 0.0224. The third-order valence-corrected chi connectivity index (χ3v) is 2.30. The summed E-state index contributed by atoms with van der Waals surface area (Å²) in [4.78, 5) is 11.4. The topological polar surface area (TPSA) is 84.6 Å². The van der Waals surface area contributed by atoms with Crippen molar-refractivity contribution >= 4 is 5.91 Å². The van der Waals surface area contributed by atoms with Crippen LogP contribution >= 0.6 is 0 Å². The summed E-state index contributed by atoms with van der Waals surface area (Å²) in [6.45, 7) is 3.89. The van der Waals surface area contributed by atoms with E-state index in [1.807, 2.05) is 13.8 Å². The lowest BCUT2D eigenvalue weighted by Crippen LogP contribution is -2.46. The van der Waals surface area contributed by atoms with Crippen molar-refractivity contribution < 1.29 is 14.6 Å². The van der Waals surface area contributed by atoms with Gasteiger partial charge in [-0.2, -0.15) is 0 Å². The molecule has 0 spiro atoms. The van der Waals surface area contributed by atoms with Gasteiger partial charge >= 0.3 is 0 Å². The number of hydrogen-bond acceptors (Lipinski definition) is 4. The molecule has 0 rings (SSSR count). The predicted molar refractivity (Wildman–Crippen MR) is 53.7 cm³/mol. The number of hydrogen-bond donors (Lipinski definition) is 3. The van der Waals surface area contributed by atoms with E-state index >= 15 is 0 Å². The molecule has 0 bridgehead atoms. The highest BCUT2D eigenvalue weighted by atomic mass is 16.5. The number of amides is 1. The molecule has 3 unspecified atom stereocenters. The lowest BCUT2D eigenvalue weighted by molar-refractivity contribution is -0.131. The molecule has 84 valence electrons. The fourth-order valence-electron chi connectivity index (χ4n) is 0.928. The Morgan fingerprint density at radius 3 is 2.50 bits per heavy atom. The fraction of sp³-hybridized carbons (Fsp3) is 0.889. The molecule has 0 saturated heterocycles. The zero-order valence-corrected chi connectivity index (χ0v) is 8.99. The van der Waals surface area contributed by atoms with Crippen molar-refractivity contribution in [1.29, 1.82) is 0 Å². The molecule has 0 aromatic heterocycles. The standard InChI is InChI=1S/C9H20N2O3/c1-6(5-12)7(2)11-9(13)8(4-10)14-3/h6-8,12H,4-5,10H2,1-3H3,(H,11,13). The molecule has 0 aliphatic carbocycles. The van der Waals surface area contributed by atoms with Gasteiger partial charge in [0.25, 0.3) is 5.91 Å². The molecule has 5 nitrogen and oxygen atoms in total. The summed E-state index contributed by atoms with van der Waals surface area (Å²) in [6, 6.07) is -0.0864. The average molecular weight is 204 g/mol. The normalized spacial score (nSPS) is 17.2. The van der Waals surface area contributed by atoms with Crippen LogP contribution in [0.4, 0.5) is 0 Å². The van der Waals surface area contributed by atoms with Crippen molar-refractivity contribution in [2.75, 3.05) is 20.3 Å². The van der Waals surface area contributed by atoms with Gasteiger partial charge in [0, 0.05) is 26.3 Å². The lowest BCUT2D eigenvalue weighted by Gasteiger charge is -2.21. The zero-order chi connectivity index (χ0) is 11.1. The van der Waals surface area contributed by atoms with E-state index < -0.39 is 6.10 Å². The second-order valence-corrected chi connectivity index (χ2v) is 3.42. The largest absolute Gasteiger partial charge is 0.396 e. The molecule has 0 aromatic rings. The second kappa shape index (κ2) is 6.75. The molecular formula is C9H20N2O3. The summed E-state index contributed by atoms with van der Waals surface area (Å²) in [5.41, 5.74) is 5.33. The first-order valence-corrected chi connectivity index (χ1v) is 4.70. The van der Waals surface area contributed by atoms with Gasteiger partial charge in [0.2, 0.25) is 0 Å². The summed E-state index contributed by atoms with van der Waals surface area (Å²) >= 11 is 0. The molecule has 0 aromatic carbocycles. The van der Waals surface area contributed by atoms with E-state index in [2.05, 4.69) is 5.32 Å². The number of rotatable bonds is 6. The molecule has 3 atom stereocenters. The highest BCUT2D eigenvalue weighted by Gasteiger charge is 2.20. The molecule has 0 heterocycles. The van der Waals surface area contributed by atoms with Crippen LogP contribution in [0.2, 0.25) is 0 Å². The minimum Gasteiger partial charge on any atom is -0.396 e. The Bertz CT molecular complexity index is 171. The molecular weight excluding hydrogens is 184 g/mol. The summed E-state index contributed by atoms with van der Waals surface area (Å²) < 4.78 is 4.88. The van der Waals surface area contributed by atoms with Crippen molar-refractivity contribution in [1.82, 2.24) is 5.32 Å². The average Bonchev–Trinajstić information content (AvgIpc) is 2.18. The molecule has 0 fully saturated rings. The smallest absolute Gasteiger partial charge is 0.250 e. The van der Waals surface area contributed by atoms with Crippen LogP contribution in [0.25, 0.3) is 0 Å². The van der Waals surface area contributed by atoms with E-state index in [0.717, 1.165) is 0 Å². The Hall–Kier alpha value is -0.650. The van der Waals surface area contributed by atoms with Crippen LogP contribution < -0.4 is 11.1 Å². The predicted octanol–water partition coefficient (Wildman–Crippen LogP) is -0.907. The van der Waals surface area contributed by atoms with E-state index in [-0.39, 0.29) is 31.0 Å². The molecule has 14 heavy (non-hydrogen) atoms. The van der Waals surface area contributed by atoms with Crippen molar-refractivity contribution in [2.24, 2.45) is 11.7 Å². The maximum absolute atomic E-state index is 11.4. The van der Waals surface area contributed by atoms with Crippen molar-refractivity contribution in [2.45, 2.75) is 26.0 Å². The van der Waals surface area contributed by atoms with Gasteiger partial charge in [-0.05, 0) is 12.8 Å². The first-order chi connectivity index (χ1) is 6.56. The Morgan fingerprint density at radius 2 is 2.14 bits per heavy atom. The number of nitrogens with one attached hydrogen (secondary N) is 1. The summed E-state index contributed by atoms with van der Waals surface area (Å²) in [7, 11) is 1.44. The maximum atomic E-state index is 11.4. The molecule has 4 N–H and O–H groups in total. The highest BCUT2D eigenvalue weighted by Crippen LogP contribution is 2.01. The van der Waals surface area contributed by atoms with Crippen LogP contribution in [0.3, 0.4) is 0 Å². The minimum atomic E-state index is -0.608. The van der Waals surface area contributed by atoms with Gasteiger partial charge in [0.15, 0.2) is 0 Å². The molecule has 0 saturated carbocycles. The van der Waals surface area contributed by atoms with Crippen LogP contribution in [-0.4, -0.2) is 43.4 Å². The number of aliphatic hydroxyl groups is 1. The van der Waals surface area contributed by atoms with Crippen molar-refractivity contribution in [3.63, 3.8) is 0 Å². The molecule has 0 radical (unpaired) electrons. The van der Waals surface area contributed by atoms with Crippen molar-refractivity contribution in [3.8, 4) is 0 Å². The van der Waals surface area contributed by atoms with Gasteiger partial charge < -0.3 is 20.9 Å². The summed E-state index contributed by atoms with van der Waals surface area (Å²) in [5.74, 6) is -0.211. The van der Waals surface area contributed by atoms with Gasteiger partial charge in [-0.15, -0.1) is 0 Å².